The van der Waals surface area contributed by atoms with Gasteiger partial charge < -0.3 is 10.2 Å². The normalized spacial score (nSPS) is 17.0. The molecule has 0 aliphatic carbocycles. The average Bonchev–Trinajstić information content (AvgIpc) is 2.55. The minimum Gasteiger partial charge on any atom is -0.335 e. The van der Waals surface area contributed by atoms with E-state index in [1.807, 2.05) is 23.1 Å². The van der Waals surface area contributed by atoms with Crippen LogP contribution < -0.4 is 5.32 Å². The third-order valence-electron chi connectivity index (χ3n) is 4.18. The van der Waals surface area contributed by atoms with Gasteiger partial charge in [0.15, 0.2) is 0 Å². The van der Waals surface area contributed by atoms with E-state index in [9.17, 15) is 4.79 Å². The lowest BCUT2D eigenvalue weighted by Gasteiger charge is -2.40. The van der Waals surface area contributed by atoms with Crippen molar-refractivity contribution < 1.29 is 4.79 Å². The Balaban J connectivity index is 2.37. The molecule has 1 N–H and O–H groups in total. The van der Waals surface area contributed by atoms with Gasteiger partial charge in [0, 0.05) is 13.1 Å². The summed E-state index contributed by atoms with van der Waals surface area (Å²) < 4.78 is 0. The molecular formula is C18H24N2O. The third kappa shape index (κ3) is 3.24. The number of carbonyl (C=O) groups is 1. The Morgan fingerprint density at radius 3 is 2.24 bits per heavy atom. The van der Waals surface area contributed by atoms with Crippen molar-refractivity contribution in [3.63, 3.8) is 0 Å². The smallest absolute Gasteiger partial charge is 0.233 e. The summed E-state index contributed by atoms with van der Waals surface area (Å²) in [5, 5.41) is 3.36. The highest BCUT2D eigenvalue weighted by atomic mass is 16.2. The molecule has 21 heavy (non-hydrogen) atoms. The van der Waals surface area contributed by atoms with Crippen molar-refractivity contribution in [3.05, 3.63) is 61.2 Å². The lowest BCUT2D eigenvalue weighted by atomic mass is 9.72. The number of hydrogen-bond acceptors (Lipinski definition) is 2. The second-order valence-corrected chi connectivity index (χ2v) is 5.49. The van der Waals surface area contributed by atoms with E-state index in [0.29, 0.717) is 13.1 Å². The van der Waals surface area contributed by atoms with Gasteiger partial charge in [-0.1, -0.05) is 42.5 Å². The fraction of sp³-hybridized carbons (Fsp3) is 0.389. The Hall–Kier alpha value is -1.87. The summed E-state index contributed by atoms with van der Waals surface area (Å²) in [7, 11) is 0. The molecule has 1 saturated heterocycles. The van der Waals surface area contributed by atoms with E-state index < -0.39 is 5.41 Å². The molecular weight excluding hydrogens is 260 g/mol. The number of nitrogens with zero attached hydrogens (tertiary/aromatic N) is 1. The standard InChI is InChI=1S/C18H24N2O/c1-3-14-20(15-4-2)17(21)18(10-12-19-13-11-18)16-8-6-5-7-9-16/h3-9,19H,1-2,10-15H2. The predicted octanol–water partition coefficient (Wildman–Crippen LogP) is 2.51. The highest BCUT2D eigenvalue weighted by Gasteiger charge is 2.42. The van der Waals surface area contributed by atoms with Crippen LogP contribution in [0, 0.1) is 0 Å². The topological polar surface area (TPSA) is 32.3 Å². The first-order chi connectivity index (χ1) is 10.2. The Kier molecular flexibility index (Phi) is 5.34. The third-order valence-corrected chi connectivity index (χ3v) is 4.18. The maximum absolute atomic E-state index is 13.2. The fourth-order valence-corrected chi connectivity index (χ4v) is 3.09. The van der Waals surface area contributed by atoms with Crippen LogP contribution in [0.1, 0.15) is 18.4 Å². The van der Waals surface area contributed by atoms with Gasteiger partial charge in [-0.3, -0.25) is 4.79 Å². The second-order valence-electron chi connectivity index (χ2n) is 5.49. The maximum atomic E-state index is 13.2. The van der Waals surface area contributed by atoms with Crippen molar-refractivity contribution in [1.82, 2.24) is 10.2 Å². The molecule has 1 aliphatic rings. The molecule has 0 aromatic heterocycles. The molecule has 1 fully saturated rings. The van der Waals surface area contributed by atoms with Gasteiger partial charge in [-0.25, -0.2) is 0 Å². The first-order valence-corrected chi connectivity index (χ1v) is 7.52. The lowest BCUT2D eigenvalue weighted by Crippen LogP contribution is -2.52. The van der Waals surface area contributed by atoms with Crippen molar-refractivity contribution in [2.45, 2.75) is 18.3 Å². The van der Waals surface area contributed by atoms with E-state index in [1.165, 1.54) is 0 Å². The van der Waals surface area contributed by atoms with Crippen LogP contribution in [0.25, 0.3) is 0 Å². The Bertz CT molecular complexity index is 479. The van der Waals surface area contributed by atoms with E-state index >= 15 is 0 Å². The molecule has 0 saturated carbocycles. The van der Waals surface area contributed by atoms with Crippen molar-refractivity contribution in [2.75, 3.05) is 26.2 Å². The molecule has 0 bridgehead atoms. The maximum Gasteiger partial charge on any atom is 0.233 e. The summed E-state index contributed by atoms with van der Waals surface area (Å²) in [6, 6.07) is 10.2. The molecule has 3 heteroatoms. The van der Waals surface area contributed by atoms with E-state index in [4.69, 9.17) is 0 Å². The molecule has 0 radical (unpaired) electrons. The molecule has 0 spiro atoms. The molecule has 1 aromatic rings. The van der Waals surface area contributed by atoms with E-state index in [2.05, 4.69) is 30.6 Å². The number of benzene rings is 1. The number of piperidine rings is 1. The highest BCUT2D eigenvalue weighted by molar-refractivity contribution is 5.88. The minimum atomic E-state index is -0.418. The SMILES string of the molecule is C=CCN(CC=C)C(=O)C1(c2ccccc2)CCNCC1. The van der Waals surface area contributed by atoms with Gasteiger partial charge in [-0.15, -0.1) is 13.2 Å². The summed E-state index contributed by atoms with van der Waals surface area (Å²) in [5.74, 6) is 0.190. The molecule has 3 nitrogen and oxygen atoms in total. The number of amides is 1. The first kappa shape index (κ1) is 15.5. The highest BCUT2D eigenvalue weighted by Crippen LogP contribution is 2.35. The van der Waals surface area contributed by atoms with Gasteiger partial charge in [0.2, 0.25) is 5.91 Å². The second kappa shape index (κ2) is 7.23. The number of carbonyl (C=O) groups excluding carboxylic acids is 1. The summed E-state index contributed by atoms with van der Waals surface area (Å²) in [6.07, 6.45) is 5.23. The largest absolute Gasteiger partial charge is 0.335 e. The molecule has 1 heterocycles. The minimum absolute atomic E-state index is 0.190. The van der Waals surface area contributed by atoms with Gasteiger partial charge in [-0.2, -0.15) is 0 Å². The average molecular weight is 284 g/mol. The van der Waals surface area contributed by atoms with Crippen molar-refractivity contribution in [1.29, 1.82) is 0 Å². The number of nitrogens with one attached hydrogen (secondary N) is 1. The van der Waals surface area contributed by atoms with Gasteiger partial charge >= 0.3 is 0 Å². The molecule has 2 rings (SSSR count). The van der Waals surface area contributed by atoms with Crippen molar-refractivity contribution in [2.24, 2.45) is 0 Å². The number of rotatable bonds is 6. The van der Waals surface area contributed by atoms with Crippen LogP contribution in [0.5, 0.6) is 0 Å². The van der Waals surface area contributed by atoms with E-state index in [1.54, 1.807) is 12.2 Å². The molecule has 112 valence electrons. The van der Waals surface area contributed by atoms with E-state index in [0.717, 1.165) is 31.5 Å². The Morgan fingerprint density at radius 1 is 1.14 bits per heavy atom. The van der Waals surface area contributed by atoms with Crippen LogP contribution >= 0.6 is 0 Å². The van der Waals surface area contributed by atoms with Gasteiger partial charge in [0.1, 0.15) is 0 Å². The van der Waals surface area contributed by atoms with Crippen molar-refractivity contribution in [3.8, 4) is 0 Å². The summed E-state index contributed by atoms with van der Waals surface area (Å²) in [6.45, 7) is 10.4. The zero-order chi connectivity index (χ0) is 15.1. The Morgan fingerprint density at radius 2 is 1.71 bits per heavy atom. The number of hydrogen-bond donors (Lipinski definition) is 1. The summed E-state index contributed by atoms with van der Waals surface area (Å²) in [5.41, 5.74) is 0.702. The van der Waals surface area contributed by atoms with Gasteiger partial charge in [0.25, 0.3) is 0 Å². The van der Waals surface area contributed by atoms with Crippen molar-refractivity contribution >= 4 is 5.91 Å². The van der Waals surface area contributed by atoms with Gasteiger partial charge in [-0.05, 0) is 31.5 Å². The van der Waals surface area contributed by atoms with Crippen LogP contribution in [-0.2, 0) is 10.2 Å². The molecule has 0 unspecified atom stereocenters. The first-order valence-electron chi connectivity index (χ1n) is 7.52. The fourth-order valence-electron chi connectivity index (χ4n) is 3.09. The van der Waals surface area contributed by atoms with Crippen LogP contribution in [0.4, 0.5) is 0 Å². The molecule has 0 atom stereocenters. The van der Waals surface area contributed by atoms with Crippen LogP contribution in [-0.4, -0.2) is 37.0 Å². The Labute approximate surface area is 127 Å². The molecule has 1 aliphatic heterocycles. The van der Waals surface area contributed by atoms with Gasteiger partial charge in [0.05, 0.1) is 5.41 Å². The quantitative estimate of drug-likeness (QED) is 0.814. The van der Waals surface area contributed by atoms with Crippen LogP contribution in [0.15, 0.2) is 55.6 Å². The van der Waals surface area contributed by atoms with Crippen LogP contribution in [0.3, 0.4) is 0 Å². The lowest BCUT2D eigenvalue weighted by molar-refractivity contribution is -0.137. The summed E-state index contributed by atoms with van der Waals surface area (Å²) in [4.78, 5) is 15.0. The molecule has 1 amide bonds. The monoisotopic (exact) mass is 284 g/mol. The van der Waals surface area contributed by atoms with Crippen LogP contribution in [0.2, 0.25) is 0 Å². The summed E-state index contributed by atoms with van der Waals surface area (Å²) >= 11 is 0. The van der Waals surface area contributed by atoms with E-state index in [-0.39, 0.29) is 5.91 Å². The molecule has 1 aromatic carbocycles. The zero-order valence-corrected chi connectivity index (χ0v) is 12.6. The zero-order valence-electron chi connectivity index (χ0n) is 12.6. The predicted molar refractivity (Wildman–Crippen MR) is 87.2 cm³/mol.